The van der Waals surface area contributed by atoms with Crippen LogP contribution in [0.15, 0.2) is 30.5 Å². The molecular weight excluding hydrogens is 440 g/mol. The fraction of sp³-hybridized carbons (Fsp3) is 0.500. The number of amides is 2. The second-order valence-electron chi connectivity index (χ2n) is 10.7. The number of hydrogen-bond donors (Lipinski definition) is 1. The summed E-state index contributed by atoms with van der Waals surface area (Å²) in [6.45, 7) is 15.0. The summed E-state index contributed by atoms with van der Waals surface area (Å²) in [5.74, 6) is -0.329. The van der Waals surface area contributed by atoms with Crippen LogP contribution in [0.4, 0.5) is 26.0 Å². The SMILES string of the molecule is CC(C)(C)OC(=O)N(C(=O)OC(C)(C)C)c1ncc(-c2ccc(N)cc2)n1C(=O)OC(C)(C)C. The van der Waals surface area contributed by atoms with Gasteiger partial charge in [0.05, 0.1) is 11.9 Å². The topological polar surface area (TPSA) is 126 Å². The summed E-state index contributed by atoms with van der Waals surface area (Å²) in [6, 6.07) is 6.67. The first-order valence-electron chi connectivity index (χ1n) is 10.8. The van der Waals surface area contributed by atoms with E-state index in [1.54, 1.807) is 86.6 Å². The predicted molar refractivity (Wildman–Crippen MR) is 129 cm³/mol. The van der Waals surface area contributed by atoms with Crippen LogP contribution in [0.2, 0.25) is 0 Å². The van der Waals surface area contributed by atoms with E-state index in [1.807, 2.05) is 0 Å². The molecule has 0 unspecified atom stereocenters. The van der Waals surface area contributed by atoms with Gasteiger partial charge in [-0.2, -0.15) is 0 Å². The van der Waals surface area contributed by atoms with Gasteiger partial charge in [-0.1, -0.05) is 12.1 Å². The van der Waals surface area contributed by atoms with Crippen LogP contribution in [0.1, 0.15) is 62.3 Å². The summed E-state index contributed by atoms with van der Waals surface area (Å²) in [4.78, 5) is 44.3. The number of anilines is 2. The molecule has 0 aliphatic heterocycles. The highest BCUT2D eigenvalue weighted by atomic mass is 16.6. The van der Waals surface area contributed by atoms with Gasteiger partial charge in [0.2, 0.25) is 5.95 Å². The Morgan fingerprint density at radius 3 is 1.65 bits per heavy atom. The molecule has 34 heavy (non-hydrogen) atoms. The first kappa shape index (κ1) is 26.7. The van der Waals surface area contributed by atoms with Crippen LogP contribution in [-0.2, 0) is 14.2 Å². The highest BCUT2D eigenvalue weighted by Crippen LogP contribution is 2.29. The van der Waals surface area contributed by atoms with Gasteiger partial charge in [-0.05, 0) is 74.4 Å². The van der Waals surface area contributed by atoms with Gasteiger partial charge < -0.3 is 19.9 Å². The molecule has 0 spiro atoms. The standard InChI is InChI=1S/C24H34N4O6/c1-22(2,3)32-19(29)27-17(15-10-12-16(25)13-11-15)14-26-18(27)28(20(30)33-23(4,5)6)21(31)34-24(7,8)9/h10-14H,25H2,1-9H3. The van der Waals surface area contributed by atoms with Gasteiger partial charge in [-0.3, -0.25) is 0 Å². The molecule has 2 amide bonds. The average molecular weight is 475 g/mol. The second-order valence-corrected chi connectivity index (χ2v) is 10.7. The van der Waals surface area contributed by atoms with Gasteiger partial charge in [0.15, 0.2) is 0 Å². The Balaban J connectivity index is 2.72. The number of nitrogen functional groups attached to an aromatic ring is 1. The minimum atomic E-state index is -1.05. The Hall–Kier alpha value is -3.56. The Morgan fingerprint density at radius 2 is 1.24 bits per heavy atom. The van der Waals surface area contributed by atoms with Gasteiger partial charge in [0, 0.05) is 11.3 Å². The van der Waals surface area contributed by atoms with Crippen LogP contribution in [-0.4, -0.2) is 44.6 Å². The Labute approximate surface area is 200 Å². The van der Waals surface area contributed by atoms with Crippen molar-refractivity contribution < 1.29 is 28.6 Å². The number of nitrogens with zero attached hydrogens (tertiary/aromatic N) is 3. The van der Waals surface area contributed by atoms with Crippen molar-refractivity contribution >= 4 is 29.9 Å². The second kappa shape index (κ2) is 9.36. The Bertz CT molecular complexity index is 1030. The number of imide groups is 1. The molecule has 0 bridgehead atoms. The molecule has 1 aromatic heterocycles. The van der Waals surface area contributed by atoms with E-state index in [9.17, 15) is 14.4 Å². The van der Waals surface area contributed by atoms with E-state index >= 15 is 0 Å². The third kappa shape index (κ3) is 7.23. The molecule has 2 rings (SSSR count). The lowest BCUT2D eigenvalue weighted by atomic mass is 10.1. The third-order valence-corrected chi connectivity index (χ3v) is 3.88. The summed E-state index contributed by atoms with van der Waals surface area (Å²) in [5.41, 5.74) is 4.44. The lowest BCUT2D eigenvalue weighted by molar-refractivity contribution is 0.0423. The molecule has 0 fully saturated rings. The number of hydrogen-bond acceptors (Lipinski definition) is 8. The minimum Gasteiger partial charge on any atom is -0.443 e. The first-order valence-corrected chi connectivity index (χ1v) is 10.8. The average Bonchev–Trinajstić information content (AvgIpc) is 3.02. The largest absolute Gasteiger partial charge is 0.443 e. The molecule has 1 heterocycles. The van der Waals surface area contributed by atoms with E-state index in [2.05, 4.69) is 4.98 Å². The van der Waals surface area contributed by atoms with Crippen molar-refractivity contribution in [3.63, 3.8) is 0 Å². The lowest BCUT2D eigenvalue weighted by Gasteiger charge is -2.28. The highest BCUT2D eigenvalue weighted by molar-refractivity contribution is 6.09. The van der Waals surface area contributed by atoms with Gasteiger partial charge in [0.1, 0.15) is 16.8 Å². The number of rotatable bonds is 2. The zero-order valence-electron chi connectivity index (χ0n) is 21.3. The van der Waals surface area contributed by atoms with E-state index in [0.29, 0.717) is 16.2 Å². The summed E-state index contributed by atoms with van der Waals surface area (Å²) in [5, 5.41) is 0. The summed E-state index contributed by atoms with van der Waals surface area (Å²) in [7, 11) is 0. The molecule has 186 valence electrons. The van der Waals surface area contributed by atoms with E-state index in [4.69, 9.17) is 19.9 Å². The van der Waals surface area contributed by atoms with Crippen molar-refractivity contribution in [3.05, 3.63) is 30.5 Å². The number of imidazole rings is 1. The number of nitrogens with two attached hydrogens (primary N) is 1. The van der Waals surface area contributed by atoms with Crippen molar-refractivity contribution in [2.45, 2.75) is 79.1 Å². The molecule has 2 N–H and O–H groups in total. The molecule has 0 aliphatic rings. The summed E-state index contributed by atoms with van der Waals surface area (Å²) >= 11 is 0. The van der Waals surface area contributed by atoms with Crippen LogP contribution in [0, 0.1) is 0 Å². The zero-order valence-corrected chi connectivity index (χ0v) is 21.3. The molecule has 1 aromatic carbocycles. The van der Waals surface area contributed by atoms with Crippen LogP contribution >= 0.6 is 0 Å². The molecule has 2 aromatic rings. The number of ether oxygens (including phenoxy) is 3. The van der Waals surface area contributed by atoms with Gasteiger partial charge in [-0.25, -0.2) is 23.9 Å². The van der Waals surface area contributed by atoms with Gasteiger partial charge in [-0.15, -0.1) is 4.90 Å². The van der Waals surface area contributed by atoms with E-state index in [0.717, 1.165) is 4.57 Å². The monoisotopic (exact) mass is 474 g/mol. The van der Waals surface area contributed by atoms with Crippen molar-refractivity contribution in [2.24, 2.45) is 0 Å². The quantitative estimate of drug-likeness (QED) is 0.441. The Morgan fingerprint density at radius 1 is 0.794 bits per heavy atom. The van der Waals surface area contributed by atoms with Crippen molar-refractivity contribution in [2.75, 3.05) is 10.6 Å². The molecule has 0 atom stereocenters. The maximum absolute atomic E-state index is 13.3. The number of benzene rings is 1. The highest BCUT2D eigenvalue weighted by Gasteiger charge is 2.38. The fourth-order valence-corrected chi connectivity index (χ4v) is 2.70. The smallest absolute Gasteiger partial charge is 0.427 e. The molecule has 10 nitrogen and oxygen atoms in total. The molecule has 0 saturated heterocycles. The molecule has 0 saturated carbocycles. The van der Waals surface area contributed by atoms with Gasteiger partial charge in [0.25, 0.3) is 0 Å². The van der Waals surface area contributed by atoms with E-state index < -0.39 is 35.1 Å². The third-order valence-electron chi connectivity index (χ3n) is 3.88. The fourth-order valence-electron chi connectivity index (χ4n) is 2.70. The first-order chi connectivity index (χ1) is 15.4. The summed E-state index contributed by atoms with van der Waals surface area (Å²) < 4.78 is 17.4. The summed E-state index contributed by atoms with van der Waals surface area (Å²) in [6.07, 6.45) is -1.60. The van der Waals surface area contributed by atoms with Crippen molar-refractivity contribution in [1.29, 1.82) is 0 Å². The van der Waals surface area contributed by atoms with E-state index in [1.165, 1.54) is 6.20 Å². The van der Waals surface area contributed by atoms with Crippen LogP contribution in [0.25, 0.3) is 11.3 Å². The lowest BCUT2D eigenvalue weighted by Crippen LogP contribution is -2.45. The molecular formula is C24H34N4O6. The minimum absolute atomic E-state index is 0.279. The zero-order chi connectivity index (χ0) is 26.1. The van der Waals surface area contributed by atoms with Crippen molar-refractivity contribution in [3.8, 4) is 11.3 Å². The van der Waals surface area contributed by atoms with Crippen LogP contribution in [0.3, 0.4) is 0 Å². The van der Waals surface area contributed by atoms with Crippen LogP contribution in [0.5, 0.6) is 0 Å². The number of aromatic nitrogens is 2. The maximum atomic E-state index is 13.3. The predicted octanol–water partition coefficient (Wildman–Crippen LogP) is 5.59. The van der Waals surface area contributed by atoms with Crippen molar-refractivity contribution in [1.82, 2.24) is 9.55 Å². The Kier molecular flexibility index (Phi) is 7.35. The normalized spacial score (nSPS) is 12.1. The number of carbonyl (C=O) groups excluding carboxylic acids is 3. The number of carbonyl (C=O) groups is 3. The maximum Gasteiger partial charge on any atom is 0.427 e. The van der Waals surface area contributed by atoms with Crippen LogP contribution < -0.4 is 10.6 Å². The van der Waals surface area contributed by atoms with Gasteiger partial charge >= 0.3 is 18.3 Å². The molecule has 0 radical (unpaired) electrons. The molecule has 0 aliphatic carbocycles. The van der Waals surface area contributed by atoms with E-state index in [-0.39, 0.29) is 11.6 Å². The molecule has 10 heteroatoms.